The van der Waals surface area contributed by atoms with E-state index in [0.29, 0.717) is 15.1 Å². The summed E-state index contributed by atoms with van der Waals surface area (Å²) in [7, 11) is 0. The summed E-state index contributed by atoms with van der Waals surface area (Å²) in [6.07, 6.45) is 1.78. The number of aliphatic imine (C=N–C) groups is 1. The van der Waals surface area contributed by atoms with E-state index in [1.54, 1.807) is 12.1 Å². The Morgan fingerprint density at radius 3 is 2.54 bits per heavy atom. The summed E-state index contributed by atoms with van der Waals surface area (Å²) in [6.45, 7) is 4.04. The molecule has 0 aromatic heterocycles. The van der Waals surface area contributed by atoms with Gasteiger partial charge in [0.1, 0.15) is 0 Å². The smallest absolute Gasteiger partial charge is 0.264 e. The minimum absolute atomic E-state index is 0.163. The van der Waals surface area contributed by atoms with E-state index in [2.05, 4.69) is 26.2 Å². The number of halogens is 2. The third kappa shape index (κ3) is 3.74. The zero-order chi connectivity index (χ0) is 17.3. The molecule has 0 saturated carbocycles. The minimum Gasteiger partial charge on any atom is -0.300 e. The molecule has 1 amide bonds. The van der Waals surface area contributed by atoms with Gasteiger partial charge in [0, 0.05) is 9.50 Å². The lowest BCUT2D eigenvalue weighted by atomic mass is 10.1. The second kappa shape index (κ2) is 7.13. The van der Waals surface area contributed by atoms with Crippen molar-refractivity contribution in [2.45, 2.75) is 13.8 Å². The maximum Gasteiger partial charge on any atom is 0.264 e. The van der Waals surface area contributed by atoms with Crippen molar-refractivity contribution in [1.82, 2.24) is 5.32 Å². The second-order valence-corrected chi connectivity index (χ2v) is 7.63. The average Bonchev–Trinajstić information content (AvgIpc) is 2.86. The largest absolute Gasteiger partial charge is 0.300 e. The van der Waals surface area contributed by atoms with Gasteiger partial charge in [-0.3, -0.25) is 4.79 Å². The molecule has 3 nitrogen and oxygen atoms in total. The first-order valence-electron chi connectivity index (χ1n) is 7.25. The number of carbonyl (C=O) groups excluding carboxylic acids is 1. The number of hydrogen-bond acceptors (Lipinski definition) is 3. The van der Waals surface area contributed by atoms with E-state index in [4.69, 9.17) is 11.6 Å². The Balaban J connectivity index is 1.89. The van der Waals surface area contributed by atoms with E-state index in [9.17, 15) is 4.79 Å². The summed E-state index contributed by atoms with van der Waals surface area (Å²) in [6, 6.07) is 11.4. The summed E-state index contributed by atoms with van der Waals surface area (Å²) in [5.41, 5.74) is 3.84. The van der Waals surface area contributed by atoms with Crippen molar-refractivity contribution >= 4 is 62.1 Å². The van der Waals surface area contributed by atoms with Crippen molar-refractivity contribution in [2.24, 2.45) is 4.99 Å². The monoisotopic (exact) mass is 420 g/mol. The number of nitrogens with one attached hydrogen (secondary N) is 1. The number of rotatable bonds is 2. The Bertz CT molecular complexity index is 869. The molecular formula is C18H14BrClN2OS. The number of hydrogen-bond donors (Lipinski definition) is 1. The molecule has 0 aliphatic carbocycles. The lowest BCUT2D eigenvalue weighted by Gasteiger charge is -2.04. The Morgan fingerprint density at radius 2 is 1.88 bits per heavy atom. The van der Waals surface area contributed by atoms with Crippen molar-refractivity contribution < 1.29 is 4.79 Å². The van der Waals surface area contributed by atoms with Crippen LogP contribution in [0.4, 0.5) is 5.69 Å². The molecule has 2 aromatic rings. The minimum atomic E-state index is -0.163. The van der Waals surface area contributed by atoms with Crippen LogP contribution < -0.4 is 5.32 Å². The summed E-state index contributed by atoms with van der Waals surface area (Å²) in [5, 5.41) is 3.98. The van der Waals surface area contributed by atoms with Gasteiger partial charge in [0.25, 0.3) is 5.91 Å². The molecule has 0 spiro atoms. The van der Waals surface area contributed by atoms with Gasteiger partial charge in [-0.2, -0.15) is 0 Å². The molecule has 1 heterocycles. The van der Waals surface area contributed by atoms with Crippen LogP contribution in [-0.4, -0.2) is 11.1 Å². The summed E-state index contributed by atoms with van der Waals surface area (Å²) >= 11 is 11.0. The number of nitrogens with zero attached hydrogens (tertiary/aromatic N) is 1. The number of aryl methyl sites for hydroxylation is 2. The lowest BCUT2D eigenvalue weighted by Crippen LogP contribution is -2.19. The van der Waals surface area contributed by atoms with Crippen molar-refractivity contribution in [1.29, 1.82) is 0 Å². The topological polar surface area (TPSA) is 41.5 Å². The van der Waals surface area contributed by atoms with E-state index >= 15 is 0 Å². The molecule has 1 N–H and O–H groups in total. The van der Waals surface area contributed by atoms with Crippen LogP contribution in [0.1, 0.15) is 16.7 Å². The summed E-state index contributed by atoms with van der Waals surface area (Å²) < 4.78 is 1.08. The zero-order valence-corrected chi connectivity index (χ0v) is 16.2. The van der Waals surface area contributed by atoms with Gasteiger partial charge in [0.2, 0.25) is 0 Å². The van der Waals surface area contributed by atoms with Crippen LogP contribution in [0.5, 0.6) is 0 Å². The molecule has 3 rings (SSSR count). The molecular weight excluding hydrogens is 408 g/mol. The van der Waals surface area contributed by atoms with Gasteiger partial charge in [-0.15, -0.1) is 0 Å². The molecule has 2 aromatic carbocycles. The summed E-state index contributed by atoms with van der Waals surface area (Å²) in [5.74, 6) is -0.163. The highest BCUT2D eigenvalue weighted by atomic mass is 79.9. The highest BCUT2D eigenvalue weighted by molar-refractivity contribution is 9.10. The number of benzene rings is 2. The fourth-order valence-electron chi connectivity index (χ4n) is 2.32. The maximum absolute atomic E-state index is 12.1. The molecule has 1 saturated heterocycles. The van der Waals surface area contributed by atoms with Crippen LogP contribution in [0.3, 0.4) is 0 Å². The van der Waals surface area contributed by atoms with Gasteiger partial charge in [-0.25, -0.2) is 4.99 Å². The second-order valence-electron chi connectivity index (χ2n) is 5.40. The van der Waals surface area contributed by atoms with Gasteiger partial charge in [0.05, 0.1) is 10.6 Å². The number of amides is 1. The quantitative estimate of drug-likeness (QED) is 0.640. The van der Waals surface area contributed by atoms with E-state index in [1.165, 1.54) is 11.8 Å². The number of thioether (sulfide) groups is 1. The van der Waals surface area contributed by atoms with Crippen LogP contribution in [0, 0.1) is 13.8 Å². The third-order valence-corrected chi connectivity index (χ3v) is 6.00. The van der Waals surface area contributed by atoms with Gasteiger partial charge in [0.15, 0.2) is 5.17 Å². The lowest BCUT2D eigenvalue weighted by molar-refractivity contribution is -0.115. The van der Waals surface area contributed by atoms with Gasteiger partial charge < -0.3 is 5.32 Å². The standard InChI is InChI=1S/C18H14BrClN2OS/c1-10-7-13(8-11(2)16(10)19)21-18-22-17(23)15(24-18)9-12-5-3-4-6-14(12)20/h3-9H,1-2H3,(H,21,22,23)/b15-9-. The van der Waals surface area contributed by atoms with Crippen molar-refractivity contribution in [2.75, 3.05) is 0 Å². The van der Waals surface area contributed by atoms with E-state index < -0.39 is 0 Å². The molecule has 0 unspecified atom stereocenters. The van der Waals surface area contributed by atoms with E-state index in [-0.39, 0.29) is 5.91 Å². The highest BCUT2D eigenvalue weighted by Gasteiger charge is 2.24. The Hall–Kier alpha value is -1.56. The molecule has 0 radical (unpaired) electrons. The molecule has 1 fully saturated rings. The molecule has 1 aliphatic rings. The van der Waals surface area contributed by atoms with Crippen LogP contribution in [0.15, 0.2) is 50.8 Å². The van der Waals surface area contributed by atoms with Crippen molar-refractivity contribution in [3.05, 3.63) is 67.5 Å². The number of carbonyl (C=O) groups is 1. The third-order valence-electron chi connectivity index (χ3n) is 3.49. The summed E-state index contributed by atoms with van der Waals surface area (Å²) in [4.78, 5) is 17.3. The van der Waals surface area contributed by atoms with Gasteiger partial charge in [-0.1, -0.05) is 45.7 Å². The zero-order valence-electron chi connectivity index (χ0n) is 13.1. The first-order valence-corrected chi connectivity index (χ1v) is 9.23. The molecule has 1 aliphatic heterocycles. The predicted octanol–water partition coefficient (Wildman–Crippen LogP) is 5.61. The normalized spacial score (nSPS) is 17.6. The van der Waals surface area contributed by atoms with E-state index in [1.807, 2.05) is 44.2 Å². The molecule has 0 bridgehead atoms. The van der Waals surface area contributed by atoms with Crippen molar-refractivity contribution in [3.8, 4) is 0 Å². The van der Waals surface area contributed by atoms with Gasteiger partial charge in [-0.05, 0) is 66.6 Å². The fourth-order valence-corrected chi connectivity index (χ4v) is 3.57. The Morgan fingerprint density at radius 1 is 1.21 bits per heavy atom. The van der Waals surface area contributed by atoms with Crippen LogP contribution in [0.25, 0.3) is 6.08 Å². The first kappa shape index (κ1) is 17.3. The Kier molecular flexibility index (Phi) is 5.13. The molecule has 0 atom stereocenters. The fraction of sp³-hybridized carbons (Fsp3) is 0.111. The number of amidine groups is 1. The van der Waals surface area contributed by atoms with Gasteiger partial charge >= 0.3 is 0 Å². The predicted molar refractivity (Wildman–Crippen MR) is 106 cm³/mol. The van der Waals surface area contributed by atoms with Crippen LogP contribution >= 0.6 is 39.3 Å². The average molecular weight is 422 g/mol. The molecule has 24 heavy (non-hydrogen) atoms. The van der Waals surface area contributed by atoms with Crippen LogP contribution in [-0.2, 0) is 4.79 Å². The highest BCUT2D eigenvalue weighted by Crippen LogP contribution is 2.31. The molecule has 122 valence electrons. The van der Waals surface area contributed by atoms with Crippen LogP contribution in [0.2, 0.25) is 5.02 Å². The first-order chi connectivity index (χ1) is 11.4. The van der Waals surface area contributed by atoms with Crippen molar-refractivity contribution in [3.63, 3.8) is 0 Å². The SMILES string of the molecule is Cc1cc(N=C2NC(=O)/C(=C/c3ccccc3Cl)S2)cc(C)c1Br. The molecule has 6 heteroatoms. The van der Waals surface area contributed by atoms with E-state index in [0.717, 1.165) is 26.9 Å². The maximum atomic E-state index is 12.1. The Labute approximate surface area is 158 Å².